The summed E-state index contributed by atoms with van der Waals surface area (Å²) in [6.07, 6.45) is 0. The van der Waals surface area contributed by atoms with Gasteiger partial charge in [-0.3, -0.25) is 4.79 Å². The summed E-state index contributed by atoms with van der Waals surface area (Å²) in [5.74, 6) is 0.583. The Hall–Kier alpha value is -1.86. The molecule has 124 valence electrons. The zero-order chi connectivity index (χ0) is 16.5. The fourth-order valence-corrected chi connectivity index (χ4v) is 2.00. The lowest BCUT2D eigenvalue weighted by Crippen LogP contribution is -2.41. The van der Waals surface area contributed by atoms with Crippen molar-refractivity contribution in [1.82, 2.24) is 14.5 Å². The van der Waals surface area contributed by atoms with Crippen LogP contribution in [0.4, 0.5) is 5.95 Å². The molecule has 0 unspecified atom stereocenters. The molecule has 0 aliphatic heterocycles. The van der Waals surface area contributed by atoms with Crippen LogP contribution in [-0.2, 0) is 20.8 Å². The summed E-state index contributed by atoms with van der Waals surface area (Å²) in [6.45, 7) is 12.6. The number of carbonyl (C=O) groups excluding carboxylic acids is 1. The Balaban J connectivity index is 2.88. The Morgan fingerprint density at radius 3 is 2.36 bits per heavy atom. The molecule has 7 nitrogen and oxygen atoms in total. The van der Waals surface area contributed by atoms with E-state index in [1.165, 1.54) is 0 Å². The average Bonchev–Trinajstić information content (AvgIpc) is 2.75. The van der Waals surface area contributed by atoms with Gasteiger partial charge in [-0.1, -0.05) is 13.2 Å². The Morgan fingerprint density at radius 1 is 1.27 bits per heavy atom. The van der Waals surface area contributed by atoms with Crippen molar-refractivity contribution >= 4 is 25.0 Å². The first kappa shape index (κ1) is 18.2. The molecule has 0 saturated heterocycles. The number of carbonyl (C=O) groups is 1. The number of amides is 1. The van der Waals surface area contributed by atoms with Gasteiger partial charge in [0.25, 0.3) is 0 Å². The second-order valence-electron chi connectivity index (χ2n) is 4.81. The first-order valence-corrected chi connectivity index (χ1v) is 7.29. The van der Waals surface area contributed by atoms with Crippen molar-refractivity contribution in [2.24, 2.45) is 0 Å². The van der Waals surface area contributed by atoms with Crippen LogP contribution >= 0.6 is 0 Å². The third kappa shape index (κ3) is 4.85. The third-order valence-corrected chi connectivity index (χ3v) is 3.27. The molecule has 1 amide bonds. The monoisotopic (exact) mass is 310 g/mol. The molecule has 0 bridgehead atoms. The predicted molar refractivity (Wildman–Crippen MR) is 87.0 cm³/mol. The maximum atomic E-state index is 12.5. The Bertz CT molecular complexity index is 562. The van der Waals surface area contributed by atoms with Crippen molar-refractivity contribution in [3.63, 3.8) is 0 Å². The highest BCUT2D eigenvalue weighted by atomic mass is 16.5. The molecule has 1 heterocycles. The average molecular weight is 310 g/mol. The molecule has 22 heavy (non-hydrogen) atoms. The van der Waals surface area contributed by atoms with Crippen LogP contribution in [0.3, 0.4) is 0 Å². The van der Waals surface area contributed by atoms with Crippen LogP contribution in [0.1, 0.15) is 6.92 Å². The molecule has 0 aliphatic carbocycles. The Labute approximate surface area is 131 Å². The summed E-state index contributed by atoms with van der Waals surface area (Å²) in [5.41, 5.74) is 0. The zero-order valence-corrected chi connectivity index (χ0v) is 13.7. The Kier molecular flexibility index (Phi) is 7.62. The summed E-state index contributed by atoms with van der Waals surface area (Å²) in [4.78, 5) is 18.5. The van der Waals surface area contributed by atoms with Gasteiger partial charge in [-0.05, 0) is 6.92 Å². The maximum absolute atomic E-state index is 12.5. The highest BCUT2D eigenvalue weighted by molar-refractivity contribution is 5.76. The highest BCUT2D eigenvalue weighted by Gasteiger charge is 2.16. The van der Waals surface area contributed by atoms with Gasteiger partial charge in [0.05, 0.1) is 23.9 Å². The molecule has 1 aromatic rings. The van der Waals surface area contributed by atoms with Crippen LogP contribution in [0.15, 0.2) is 0 Å². The van der Waals surface area contributed by atoms with Gasteiger partial charge in [-0.25, -0.2) is 4.98 Å². The van der Waals surface area contributed by atoms with Gasteiger partial charge in [-0.15, -0.1) is 0 Å². The minimum Gasteiger partial charge on any atom is -0.383 e. The maximum Gasteiger partial charge on any atom is 0.242 e. The Morgan fingerprint density at radius 2 is 1.86 bits per heavy atom. The molecule has 1 rings (SSSR count). The molecule has 7 heteroatoms. The van der Waals surface area contributed by atoms with Gasteiger partial charge < -0.3 is 24.3 Å². The fourth-order valence-electron chi connectivity index (χ4n) is 2.00. The van der Waals surface area contributed by atoms with E-state index in [2.05, 4.69) is 23.5 Å². The molecule has 0 radical (unpaired) electrons. The van der Waals surface area contributed by atoms with Crippen molar-refractivity contribution in [2.45, 2.75) is 13.5 Å². The molecule has 0 aromatic carbocycles. The van der Waals surface area contributed by atoms with E-state index in [9.17, 15) is 4.79 Å². The van der Waals surface area contributed by atoms with Crippen LogP contribution in [0.5, 0.6) is 0 Å². The molecule has 0 atom stereocenters. The van der Waals surface area contributed by atoms with Crippen LogP contribution in [-0.4, -0.2) is 67.4 Å². The molecular formula is C15H26N4O3. The number of ether oxygens (including phenoxy) is 2. The smallest absolute Gasteiger partial charge is 0.242 e. The van der Waals surface area contributed by atoms with E-state index >= 15 is 0 Å². The lowest BCUT2D eigenvalue weighted by Gasteiger charge is -2.22. The highest BCUT2D eigenvalue weighted by Crippen LogP contribution is 2.00. The van der Waals surface area contributed by atoms with Gasteiger partial charge in [0.15, 0.2) is 0 Å². The van der Waals surface area contributed by atoms with Crippen molar-refractivity contribution < 1.29 is 14.3 Å². The van der Waals surface area contributed by atoms with E-state index in [0.717, 1.165) is 0 Å². The first-order chi connectivity index (χ1) is 10.5. The van der Waals surface area contributed by atoms with E-state index in [-0.39, 0.29) is 12.5 Å². The standard InChI is InChI=1S/C15H26N4O3/c1-6-16-15-17-12(2)13(3)19(15)11-14(20)18(7-9-21-4)8-10-22-5/h2-3,6-11H2,1,4-5H3,(H,16,17). The number of anilines is 1. The minimum absolute atomic E-state index is 0.0319. The normalized spacial score (nSPS) is 10.7. The summed E-state index contributed by atoms with van der Waals surface area (Å²) < 4.78 is 11.9. The lowest BCUT2D eigenvalue weighted by molar-refractivity contribution is -0.133. The van der Waals surface area contributed by atoms with E-state index in [0.29, 0.717) is 49.5 Å². The second kappa shape index (κ2) is 9.22. The summed E-state index contributed by atoms with van der Waals surface area (Å²) in [6, 6.07) is 0. The minimum atomic E-state index is -0.0319. The third-order valence-electron chi connectivity index (χ3n) is 3.27. The van der Waals surface area contributed by atoms with Gasteiger partial charge in [0.2, 0.25) is 11.9 Å². The number of hydrogen-bond donors (Lipinski definition) is 1. The number of imidazole rings is 1. The largest absolute Gasteiger partial charge is 0.383 e. The van der Waals surface area contributed by atoms with Crippen LogP contribution in [0.2, 0.25) is 0 Å². The second-order valence-corrected chi connectivity index (χ2v) is 4.81. The van der Waals surface area contributed by atoms with Gasteiger partial charge in [0, 0.05) is 33.9 Å². The molecule has 0 fully saturated rings. The zero-order valence-electron chi connectivity index (χ0n) is 13.7. The van der Waals surface area contributed by atoms with Gasteiger partial charge in [0.1, 0.15) is 6.54 Å². The summed E-state index contributed by atoms with van der Waals surface area (Å²) >= 11 is 0. The molecular weight excluding hydrogens is 284 g/mol. The molecule has 1 N–H and O–H groups in total. The fraction of sp³-hybridized carbons (Fsp3) is 0.600. The van der Waals surface area contributed by atoms with Gasteiger partial charge >= 0.3 is 0 Å². The SMILES string of the molecule is C=c1nc(NCC)n(CC(=O)N(CCOC)CCOC)c1=C. The number of methoxy groups -OCH3 is 2. The summed E-state index contributed by atoms with van der Waals surface area (Å²) in [7, 11) is 3.22. The van der Waals surface area contributed by atoms with Crippen LogP contribution in [0, 0.1) is 0 Å². The van der Waals surface area contributed by atoms with Crippen molar-refractivity contribution in [3.05, 3.63) is 10.7 Å². The topological polar surface area (TPSA) is 68.6 Å². The van der Waals surface area contributed by atoms with Crippen LogP contribution in [0.25, 0.3) is 13.2 Å². The van der Waals surface area contributed by atoms with Gasteiger partial charge in [-0.2, -0.15) is 0 Å². The first-order valence-electron chi connectivity index (χ1n) is 7.29. The number of rotatable bonds is 10. The molecule has 1 aromatic heterocycles. The number of hydrogen-bond acceptors (Lipinski definition) is 5. The van der Waals surface area contributed by atoms with E-state index in [4.69, 9.17) is 9.47 Å². The van der Waals surface area contributed by atoms with Crippen molar-refractivity contribution in [1.29, 1.82) is 0 Å². The molecule has 0 saturated carbocycles. The van der Waals surface area contributed by atoms with Crippen LogP contribution < -0.4 is 16.0 Å². The molecule has 0 spiro atoms. The number of nitrogens with one attached hydrogen (secondary N) is 1. The van der Waals surface area contributed by atoms with E-state index in [1.54, 1.807) is 23.7 Å². The quantitative estimate of drug-likeness (QED) is 0.616. The summed E-state index contributed by atoms with van der Waals surface area (Å²) in [5, 5.41) is 4.33. The lowest BCUT2D eigenvalue weighted by atomic mass is 10.4. The number of nitrogens with zero attached hydrogens (tertiary/aromatic N) is 3. The number of aromatic nitrogens is 2. The molecule has 0 aliphatic rings. The predicted octanol–water partition coefficient (Wildman–Crippen LogP) is -0.743. The van der Waals surface area contributed by atoms with E-state index in [1.807, 2.05) is 6.92 Å². The van der Waals surface area contributed by atoms with E-state index < -0.39 is 0 Å². The van der Waals surface area contributed by atoms with Crippen molar-refractivity contribution in [2.75, 3.05) is 52.4 Å². The van der Waals surface area contributed by atoms with Crippen molar-refractivity contribution in [3.8, 4) is 0 Å².